The van der Waals surface area contributed by atoms with Crippen molar-refractivity contribution < 1.29 is 4.79 Å². The minimum absolute atomic E-state index is 0.0936. The molecule has 2 aromatic rings. The van der Waals surface area contributed by atoms with Crippen molar-refractivity contribution in [3.8, 4) is 0 Å². The van der Waals surface area contributed by atoms with Gasteiger partial charge in [0.05, 0.1) is 23.6 Å². The fourth-order valence-corrected chi connectivity index (χ4v) is 3.03. The van der Waals surface area contributed by atoms with E-state index in [1.165, 1.54) is 18.1 Å². The van der Waals surface area contributed by atoms with Crippen LogP contribution < -0.4 is 10.2 Å². The molecule has 1 aliphatic rings. The highest BCUT2D eigenvalue weighted by molar-refractivity contribution is 9.10. The highest BCUT2D eigenvalue weighted by Crippen LogP contribution is 2.28. The van der Waals surface area contributed by atoms with Crippen LogP contribution in [0.4, 0.5) is 5.69 Å². The van der Waals surface area contributed by atoms with E-state index in [4.69, 9.17) is 0 Å². The number of hydrogen-bond acceptors (Lipinski definition) is 4. The standard InChI is InChI=1S/C15H15BrN4O/c16-13-3-1-2-4-14(13)20-8-6-12(10-20)19-15(21)11-5-7-17-18-9-11/h1-5,7,9,12H,6,8,10H2,(H,19,21)/t12-/m1/s1. The smallest absolute Gasteiger partial charge is 0.253 e. The molecule has 0 unspecified atom stereocenters. The molecule has 0 aliphatic carbocycles. The third-order valence-corrected chi connectivity index (χ3v) is 4.23. The molecule has 1 atom stereocenters. The average molecular weight is 347 g/mol. The van der Waals surface area contributed by atoms with E-state index >= 15 is 0 Å². The van der Waals surface area contributed by atoms with Crippen LogP contribution in [0.2, 0.25) is 0 Å². The molecule has 1 amide bonds. The minimum Gasteiger partial charge on any atom is -0.368 e. The number of amides is 1. The predicted molar refractivity (Wildman–Crippen MR) is 84.3 cm³/mol. The van der Waals surface area contributed by atoms with Crippen LogP contribution in [-0.4, -0.2) is 35.2 Å². The molecule has 3 rings (SSSR count). The van der Waals surface area contributed by atoms with Crippen molar-refractivity contribution >= 4 is 27.5 Å². The lowest BCUT2D eigenvalue weighted by molar-refractivity contribution is 0.0940. The van der Waals surface area contributed by atoms with Gasteiger partial charge in [0.2, 0.25) is 0 Å². The van der Waals surface area contributed by atoms with Crippen LogP contribution in [0.5, 0.6) is 0 Å². The number of rotatable bonds is 3. The molecule has 108 valence electrons. The Balaban J connectivity index is 1.63. The summed E-state index contributed by atoms with van der Waals surface area (Å²) in [6.07, 6.45) is 3.94. The van der Waals surface area contributed by atoms with Gasteiger partial charge in [0.25, 0.3) is 5.91 Å². The van der Waals surface area contributed by atoms with Gasteiger partial charge in [-0.3, -0.25) is 4.79 Å². The fraction of sp³-hybridized carbons (Fsp3) is 0.267. The van der Waals surface area contributed by atoms with Crippen LogP contribution in [0.15, 0.2) is 47.2 Å². The lowest BCUT2D eigenvalue weighted by atomic mass is 10.2. The first-order valence-electron chi connectivity index (χ1n) is 6.81. The number of para-hydroxylation sites is 1. The van der Waals surface area contributed by atoms with Crippen LogP contribution in [0, 0.1) is 0 Å². The van der Waals surface area contributed by atoms with E-state index in [1.54, 1.807) is 6.07 Å². The highest BCUT2D eigenvalue weighted by atomic mass is 79.9. The Kier molecular flexibility index (Phi) is 4.15. The molecule has 6 heteroatoms. The maximum absolute atomic E-state index is 12.1. The molecule has 0 spiro atoms. The van der Waals surface area contributed by atoms with Gasteiger partial charge in [-0.2, -0.15) is 10.2 Å². The molecule has 0 saturated carbocycles. The minimum atomic E-state index is -0.0936. The molecule has 1 N–H and O–H groups in total. The van der Waals surface area contributed by atoms with Crippen LogP contribution in [-0.2, 0) is 0 Å². The van der Waals surface area contributed by atoms with Gasteiger partial charge in [0, 0.05) is 23.6 Å². The summed E-state index contributed by atoms with van der Waals surface area (Å²) in [5.41, 5.74) is 1.71. The third kappa shape index (κ3) is 3.21. The van der Waals surface area contributed by atoms with Crippen molar-refractivity contribution in [3.63, 3.8) is 0 Å². The molecule has 1 aromatic heterocycles. The summed E-state index contributed by atoms with van der Waals surface area (Å²) < 4.78 is 1.08. The summed E-state index contributed by atoms with van der Waals surface area (Å²) in [7, 11) is 0. The molecule has 5 nitrogen and oxygen atoms in total. The summed E-state index contributed by atoms with van der Waals surface area (Å²) in [6, 6.07) is 9.96. The number of anilines is 1. The summed E-state index contributed by atoms with van der Waals surface area (Å²) in [4.78, 5) is 14.4. The zero-order valence-corrected chi connectivity index (χ0v) is 13.0. The summed E-state index contributed by atoms with van der Waals surface area (Å²) >= 11 is 3.57. The molecule has 0 bridgehead atoms. The van der Waals surface area contributed by atoms with Crippen LogP contribution >= 0.6 is 15.9 Å². The number of halogens is 1. The lowest BCUT2D eigenvalue weighted by Gasteiger charge is -2.20. The van der Waals surface area contributed by atoms with Crippen LogP contribution in [0.25, 0.3) is 0 Å². The fourth-order valence-electron chi connectivity index (χ4n) is 2.50. The number of benzene rings is 1. The molecule has 1 saturated heterocycles. The van der Waals surface area contributed by atoms with Crippen molar-refractivity contribution in [2.45, 2.75) is 12.5 Å². The normalized spacial score (nSPS) is 17.8. The van der Waals surface area contributed by atoms with Gasteiger partial charge in [0.1, 0.15) is 0 Å². The first-order chi connectivity index (χ1) is 10.2. The van der Waals surface area contributed by atoms with E-state index in [-0.39, 0.29) is 11.9 Å². The lowest BCUT2D eigenvalue weighted by Crippen LogP contribution is -2.37. The second kappa shape index (κ2) is 6.22. The predicted octanol–water partition coefficient (Wildman–Crippen LogP) is 2.25. The monoisotopic (exact) mass is 346 g/mol. The zero-order valence-electron chi connectivity index (χ0n) is 11.4. The van der Waals surface area contributed by atoms with Crippen molar-refractivity contribution in [2.75, 3.05) is 18.0 Å². The van der Waals surface area contributed by atoms with E-state index in [0.29, 0.717) is 5.56 Å². The van der Waals surface area contributed by atoms with Gasteiger partial charge in [-0.1, -0.05) is 12.1 Å². The first kappa shape index (κ1) is 14.0. The van der Waals surface area contributed by atoms with Crippen LogP contribution in [0.1, 0.15) is 16.8 Å². The molecule has 21 heavy (non-hydrogen) atoms. The first-order valence-corrected chi connectivity index (χ1v) is 7.60. The van der Waals surface area contributed by atoms with E-state index in [0.717, 1.165) is 24.0 Å². The quantitative estimate of drug-likeness (QED) is 0.925. The molecule has 1 aromatic carbocycles. The molecule has 1 aliphatic heterocycles. The molecular formula is C15H15BrN4O. The topological polar surface area (TPSA) is 58.1 Å². The summed E-state index contributed by atoms with van der Waals surface area (Å²) in [6.45, 7) is 1.75. The Bertz CT molecular complexity index is 635. The summed E-state index contributed by atoms with van der Waals surface area (Å²) in [5, 5.41) is 10.5. The van der Waals surface area contributed by atoms with E-state index in [1.807, 2.05) is 18.2 Å². The SMILES string of the molecule is O=C(N[C@@H]1CCN(c2ccccc2Br)C1)c1ccnnc1. The maximum Gasteiger partial charge on any atom is 0.253 e. The molecule has 2 heterocycles. The summed E-state index contributed by atoms with van der Waals surface area (Å²) in [5.74, 6) is -0.0936. The third-order valence-electron chi connectivity index (χ3n) is 3.56. The number of nitrogens with zero attached hydrogens (tertiary/aromatic N) is 3. The van der Waals surface area contributed by atoms with Gasteiger partial charge in [-0.15, -0.1) is 0 Å². The van der Waals surface area contributed by atoms with Crippen molar-refractivity contribution in [2.24, 2.45) is 0 Å². The second-order valence-corrected chi connectivity index (χ2v) is 5.84. The van der Waals surface area contributed by atoms with Gasteiger partial charge < -0.3 is 10.2 Å². The number of hydrogen-bond donors (Lipinski definition) is 1. The Labute approximate surface area is 131 Å². The van der Waals surface area contributed by atoms with Gasteiger partial charge >= 0.3 is 0 Å². The molecular weight excluding hydrogens is 332 g/mol. The molecule has 0 radical (unpaired) electrons. The van der Waals surface area contributed by atoms with E-state index in [2.05, 4.69) is 42.4 Å². The zero-order chi connectivity index (χ0) is 14.7. The van der Waals surface area contributed by atoms with Crippen molar-refractivity contribution in [1.82, 2.24) is 15.5 Å². The number of aromatic nitrogens is 2. The number of carbonyl (C=O) groups is 1. The largest absolute Gasteiger partial charge is 0.368 e. The highest BCUT2D eigenvalue weighted by Gasteiger charge is 2.25. The van der Waals surface area contributed by atoms with Crippen molar-refractivity contribution in [1.29, 1.82) is 0 Å². The number of carbonyl (C=O) groups excluding carboxylic acids is 1. The Hall–Kier alpha value is -1.95. The van der Waals surface area contributed by atoms with Gasteiger partial charge in [0.15, 0.2) is 0 Å². The van der Waals surface area contributed by atoms with E-state index in [9.17, 15) is 4.79 Å². The Morgan fingerprint density at radius 3 is 2.90 bits per heavy atom. The number of nitrogens with one attached hydrogen (secondary N) is 1. The van der Waals surface area contributed by atoms with Crippen molar-refractivity contribution in [3.05, 3.63) is 52.8 Å². The maximum atomic E-state index is 12.1. The van der Waals surface area contributed by atoms with Crippen LogP contribution in [0.3, 0.4) is 0 Å². The van der Waals surface area contributed by atoms with Gasteiger partial charge in [-0.05, 0) is 40.5 Å². The Morgan fingerprint density at radius 1 is 1.29 bits per heavy atom. The second-order valence-electron chi connectivity index (χ2n) is 4.99. The average Bonchev–Trinajstić information content (AvgIpc) is 2.97. The molecule has 1 fully saturated rings. The van der Waals surface area contributed by atoms with E-state index < -0.39 is 0 Å². The Morgan fingerprint density at radius 2 is 2.14 bits per heavy atom. The van der Waals surface area contributed by atoms with Gasteiger partial charge in [-0.25, -0.2) is 0 Å².